The number of hydrogen-bond donors (Lipinski definition) is 0. The first kappa shape index (κ1) is 10.4. The fraction of sp³-hybridized carbons (Fsp3) is 0.182. The van der Waals surface area contributed by atoms with E-state index in [-0.39, 0.29) is 5.89 Å². The summed E-state index contributed by atoms with van der Waals surface area (Å²) in [5.41, 5.74) is 1.76. The smallest absolute Gasteiger partial charge is 0.387 e. The van der Waals surface area contributed by atoms with Gasteiger partial charge < -0.3 is 4.42 Å². The third kappa shape index (κ3) is 1.79. The average molecular weight is 218 g/mol. The molecular weight excluding hydrogens is 208 g/mol. The lowest BCUT2D eigenvalue weighted by Crippen LogP contribution is -2.21. The Morgan fingerprint density at radius 3 is 2.44 bits per heavy atom. The van der Waals surface area contributed by atoms with Gasteiger partial charge in [-0.15, -0.1) is 9.78 Å². The van der Waals surface area contributed by atoms with Crippen LogP contribution in [-0.2, 0) is 0 Å². The molecule has 5 nitrogen and oxygen atoms in total. The first-order chi connectivity index (χ1) is 7.58. The van der Waals surface area contributed by atoms with Crippen molar-refractivity contribution in [3.05, 3.63) is 40.4 Å². The standard InChI is InChI=1S/C11H10N2O3/c1-7-3-5-9(6-4-7)10-12-13(8(2)14)11(15)16-10/h3-6H,1-2H3. The maximum Gasteiger partial charge on any atom is 0.444 e. The molecule has 82 valence electrons. The maximum atomic E-state index is 11.2. The number of benzene rings is 1. The molecule has 0 aliphatic heterocycles. The minimum Gasteiger partial charge on any atom is -0.387 e. The Balaban J connectivity index is 2.49. The summed E-state index contributed by atoms with van der Waals surface area (Å²) in [6, 6.07) is 7.32. The van der Waals surface area contributed by atoms with Gasteiger partial charge >= 0.3 is 5.76 Å². The Kier molecular flexibility index (Phi) is 2.44. The van der Waals surface area contributed by atoms with Crippen LogP contribution < -0.4 is 5.76 Å². The molecule has 16 heavy (non-hydrogen) atoms. The van der Waals surface area contributed by atoms with Crippen LogP contribution in [0, 0.1) is 6.92 Å². The van der Waals surface area contributed by atoms with E-state index in [9.17, 15) is 9.59 Å². The molecule has 0 radical (unpaired) electrons. The lowest BCUT2D eigenvalue weighted by molar-refractivity contribution is 0.0913. The van der Waals surface area contributed by atoms with Gasteiger partial charge in [0.15, 0.2) is 0 Å². The van der Waals surface area contributed by atoms with Gasteiger partial charge in [-0.2, -0.15) is 0 Å². The third-order valence-electron chi connectivity index (χ3n) is 2.14. The zero-order valence-corrected chi connectivity index (χ0v) is 8.93. The van der Waals surface area contributed by atoms with Crippen LogP contribution in [0.3, 0.4) is 0 Å². The molecule has 0 aliphatic carbocycles. The first-order valence-electron chi connectivity index (χ1n) is 4.76. The minimum absolute atomic E-state index is 0.153. The van der Waals surface area contributed by atoms with E-state index in [4.69, 9.17) is 4.42 Å². The topological polar surface area (TPSA) is 65.1 Å². The predicted octanol–water partition coefficient (Wildman–Crippen LogP) is 1.47. The fourth-order valence-electron chi connectivity index (χ4n) is 1.29. The van der Waals surface area contributed by atoms with Gasteiger partial charge in [-0.25, -0.2) is 4.79 Å². The second-order valence-corrected chi connectivity index (χ2v) is 3.47. The SMILES string of the molecule is CC(=O)n1nc(-c2ccc(C)cc2)oc1=O. The normalized spacial score (nSPS) is 10.4. The van der Waals surface area contributed by atoms with E-state index in [0.717, 1.165) is 5.56 Å². The summed E-state index contributed by atoms with van der Waals surface area (Å²) in [6.07, 6.45) is 0. The van der Waals surface area contributed by atoms with Crippen LogP contribution in [0.1, 0.15) is 17.3 Å². The van der Waals surface area contributed by atoms with Crippen molar-refractivity contribution in [2.45, 2.75) is 13.8 Å². The van der Waals surface area contributed by atoms with Crippen molar-refractivity contribution in [2.75, 3.05) is 0 Å². The molecule has 0 atom stereocenters. The molecule has 1 aromatic carbocycles. The van der Waals surface area contributed by atoms with Gasteiger partial charge in [0.1, 0.15) is 0 Å². The molecule has 2 rings (SSSR count). The van der Waals surface area contributed by atoms with Gasteiger partial charge in [0.25, 0.3) is 0 Å². The minimum atomic E-state index is -0.761. The largest absolute Gasteiger partial charge is 0.444 e. The number of aromatic nitrogens is 2. The number of hydrogen-bond acceptors (Lipinski definition) is 4. The van der Waals surface area contributed by atoms with Gasteiger partial charge in [-0.1, -0.05) is 17.7 Å². The highest BCUT2D eigenvalue weighted by atomic mass is 16.4. The molecule has 0 bridgehead atoms. The van der Waals surface area contributed by atoms with Crippen LogP contribution in [-0.4, -0.2) is 15.7 Å². The summed E-state index contributed by atoms with van der Waals surface area (Å²) in [7, 11) is 0. The Morgan fingerprint density at radius 2 is 1.94 bits per heavy atom. The van der Waals surface area contributed by atoms with Gasteiger partial charge in [0, 0.05) is 12.5 Å². The summed E-state index contributed by atoms with van der Waals surface area (Å²) in [6.45, 7) is 3.21. The molecule has 0 amide bonds. The molecule has 0 saturated heterocycles. The highest BCUT2D eigenvalue weighted by Gasteiger charge is 2.12. The van der Waals surface area contributed by atoms with Crippen LogP contribution in [0.25, 0.3) is 11.5 Å². The Hall–Kier alpha value is -2.17. The second-order valence-electron chi connectivity index (χ2n) is 3.47. The Labute approximate surface area is 91.3 Å². The summed E-state index contributed by atoms with van der Waals surface area (Å²) in [5.74, 6) is -1.07. The molecule has 0 unspecified atom stereocenters. The van der Waals surface area contributed by atoms with Crippen LogP contribution >= 0.6 is 0 Å². The van der Waals surface area contributed by atoms with E-state index in [1.807, 2.05) is 19.1 Å². The van der Waals surface area contributed by atoms with Crippen LogP contribution in [0.15, 0.2) is 33.5 Å². The Morgan fingerprint density at radius 1 is 1.31 bits per heavy atom. The predicted molar refractivity (Wildman–Crippen MR) is 57.2 cm³/mol. The lowest BCUT2D eigenvalue weighted by Gasteiger charge is -1.94. The van der Waals surface area contributed by atoms with Crippen molar-refractivity contribution in [1.29, 1.82) is 0 Å². The maximum absolute atomic E-state index is 11.2. The summed E-state index contributed by atoms with van der Waals surface area (Å²) >= 11 is 0. The summed E-state index contributed by atoms with van der Waals surface area (Å²) < 4.78 is 5.58. The quantitative estimate of drug-likeness (QED) is 0.727. The zero-order valence-electron chi connectivity index (χ0n) is 8.93. The van der Waals surface area contributed by atoms with Gasteiger partial charge in [-0.05, 0) is 19.1 Å². The molecule has 1 aromatic heterocycles. The number of carbonyl (C=O) groups excluding carboxylic acids is 1. The van der Waals surface area contributed by atoms with Crippen molar-refractivity contribution >= 4 is 5.91 Å². The van der Waals surface area contributed by atoms with E-state index in [2.05, 4.69) is 5.10 Å². The molecule has 1 heterocycles. The molecule has 0 N–H and O–H groups in total. The highest BCUT2D eigenvalue weighted by Crippen LogP contribution is 2.15. The van der Waals surface area contributed by atoms with Crippen LogP contribution in [0.4, 0.5) is 0 Å². The van der Waals surface area contributed by atoms with Gasteiger partial charge in [0.2, 0.25) is 11.8 Å². The second kappa shape index (κ2) is 3.77. The fourth-order valence-corrected chi connectivity index (χ4v) is 1.29. The number of rotatable bonds is 1. The number of carbonyl (C=O) groups is 1. The molecule has 0 saturated carbocycles. The van der Waals surface area contributed by atoms with E-state index in [1.54, 1.807) is 12.1 Å². The molecule has 0 fully saturated rings. The first-order valence-corrected chi connectivity index (χ1v) is 4.76. The molecule has 2 aromatic rings. The van der Waals surface area contributed by atoms with E-state index in [0.29, 0.717) is 10.2 Å². The number of nitrogens with zero attached hydrogens (tertiary/aromatic N) is 2. The van der Waals surface area contributed by atoms with Crippen molar-refractivity contribution in [1.82, 2.24) is 9.78 Å². The van der Waals surface area contributed by atoms with E-state index < -0.39 is 11.7 Å². The summed E-state index contributed by atoms with van der Waals surface area (Å²) in [4.78, 5) is 22.2. The van der Waals surface area contributed by atoms with Crippen LogP contribution in [0.2, 0.25) is 0 Å². The van der Waals surface area contributed by atoms with E-state index >= 15 is 0 Å². The highest BCUT2D eigenvalue weighted by molar-refractivity contribution is 5.75. The van der Waals surface area contributed by atoms with Crippen LogP contribution in [0.5, 0.6) is 0 Å². The molecule has 0 spiro atoms. The van der Waals surface area contributed by atoms with Crippen molar-refractivity contribution in [3.63, 3.8) is 0 Å². The monoisotopic (exact) mass is 218 g/mol. The third-order valence-corrected chi connectivity index (χ3v) is 2.14. The zero-order chi connectivity index (χ0) is 11.7. The summed E-state index contributed by atoms with van der Waals surface area (Å²) in [5, 5.41) is 3.80. The van der Waals surface area contributed by atoms with Gasteiger partial charge in [0.05, 0.1) is 0 Å². The lowest BCUT2D eigenvalue weighted by atomic mass is 10.1. The van der Waals surface area contributed by atoms with Crippen molar-refractivity contribution in [3.8, 4) is 11.5 Å². The number of aryl methyl sites for hydroxylation is 1. The molecule has 5 heteroatoms. The molecular formula is C11H10N2O3. The Bertz CT molecular complexity index is 578. The molecule has 0 aliphatic rings. The van der Waals surface area contributed by atoms with Crippen molar-refractivity contribution in [2.24, 2.45) is 0 Å². The van der Waals surface area contributed by atoms with E-state index in [1.165, 1.54) is 6.92 Å². The van der Waals surface area contributed by atoms with Gasteiger partial charge in [-0.3, -0.25) is 4.79 Å². The van der Waals surface area contributed by atoms with Crippen molar-refractivity contribution < 1.29 is 9.21 Å². The average Bonchev–Trinajstić information content (AvgIpc) is 2.61.